The third-order valence-corrected chi connectivity index (χ3v) is 13.2. The molecule has 0 spiro atoms. The molecule has 68 heavy (non-hydrogen) atoms. The van der Waals surface area contributed by atoms with Crippen LogP contribution in [0.2, 0.25) is 0 Å². The third-order valence-electron chi connectivity index (χ3n) is 13.2. The van der Waals surface area contributed by atoms with Crippen molar-refractivity contribution in [3.05, 3.63) is 255 Å². The molecule has 0 N–H and O–H groups in total. The fraction of sp³-hybridized carbons (Fsp3) is 0. The van der Waals surface area contributed by atoms with Crippen LogP contribution in [-0.4, -0.2) is 0 Å². The zero-order chi connectivity index (χ0) is 45.0. The molecule has 4 nitrogen and oxygen atoms in total. The molecule has 0 bridgehead atoms. The van der Waals surface area contributed by atoms with Gasteiger partial charge in [-0.15, -0.1) is 0 Å². The van der Waals surface area contributed by atoms with Gasteiger partial charge in [-0.25, -0.2) is 0 Å². The van der Waals surface area contributed by atoms with E-state index in [0.717, 1.165) is 100 Å². The lowest BCUT2D eigenvalue weighted by molar-refractivity contribution is 0.668. The molecule has 11 aromatic carbocycles. The zero-order valence-corrected chi connectivity index (χ0v) is 37.0. The average Bonchev–Trinajstić information content (AvgIpc) is 3.98. The Labute approximate surface area is 393 Å². The first kappa shape index (κ1) is 39.3. The highest BCUT2D eigenvalue weighted by Crippen LogP contribution is 2.46. The molecule has 0 radical (unpaired) electrons. The molecule has 13 rings (SSSR count). The van der Waals surface area contributed by atoms with Gasteiger partial charge in [-0.1, -0.05) is 152 Å². The van der Waals surface area contributed by atoms with Crippen LogP contribution in [0.15, 0.2) is 264 Å². The summed E-state index contributed by atoms with van der Waals surface area (Å²) in [4.78, 5) is 4.71. The second-order valence-electron chi connectivity index (χ2n) is 17.3. The Morgan fingerprint density at radius 3 is 1.46 bits per heavy atom. The number of hydrogen-bond donors (Lipinski definition) is 0. The van der Waals surface area contributed by atoms with Crippen LogP contribution in [-0.2, 0) is 0 Å². The topological polar surface area (TPSA) is 32.8 Å². The average molecular weight is 871 g/mol. The fourth-order valence-electron chi connectivity index (χ4n) is 9.97. The van der Waals surface area contributed by atoms with Crippen molar-refractivity contribution in [2.75, 3.05) is 9.80 Å². The minimum absolute atomic E-state index is 0.830. The van der Waals surface area contributed by atoms with E-state index in [1.807, 2.05) is 12.1 Å². The largest absolute Gasteiger partial charge is 0.456 e. The Hall–Kier alpha value is -9.12. The predicted octanol–water partition coefficient (Wildman–Crippen LogP) is 18.6. The van der Waals surface area contributed by atoms with Crippen molar-refractivity contribution in [1.29, 1.82) is 0 Å². The number of furan rings is 2. The van der Waals surface area contributed by atoms with Gasteiger partial charge in [0.05, 0.1) is 16.8 Å². The number of nitrogens with zero attached hydrogens (tertiary/aromatic N) is 2. The van der Waals surface area contributed by atoms with E-state index in [2.05, 4.69) is 252 Å². The van der Waals surface area contributed by atoms with Crippen molar-refractivity contribution in [1.82, 2.24) is 0 Å². The van der Waals surface area contributed by atoms with Gasteiger partial charge in [-0.2, -0.15) is 0 Å². The molecule has 0 atom stereocenters. The first-order valence-corrected chi connectivity index (χ1v) is 23.1. The van der Waals surface area contributed by atoms with Crippen molar-refractivity contribution < 1.29 is 8.83 Å². The first-order chi connectivity index (χ1) is 33.7. The number of benzene rings is 11. The lowest BCUT2D eigenvalue weighted by Crippen LogP contribution is -2.10. The van der Waals surface area contributed by atoms with E-state index in [9.17, 15) is 0 Å². The highest BCUT2D eigenvalue weighted by Gasteiger charge is 2.22. The van der Waals surface area contributed by atoms with Crippen LogP contribution in [0.4, 0.5) is 34.1 Å². The van der Waals surface area contributed by atoms with Crippen LogP contribution in [0.3, 0.4) is 0 Å². The monoisotopic (exact) mass is 870 g/mol. The molecule has 0 amide bonds. The molecule has 4 heteroatoms. The minimum atomic E-state index is 0.830. The first-order valence-electron chi connectivity index (χ1n) is 23.1. The van der Waals surface area contributed by atoms with E-state index < -0.39 is 0 Å². The van der Waals surface area contributed by atoms with E-state index in [4.69, 9.17) is 8.83 Å². The van der Waals surface area contributed by atoms with Gasteiger partial charge in [0, 0.05) is 44.3 Å². The van der Waals surface area contributed by atoms with Crippen molar-refractivity contribution in [3.8, 4) is 33.4 Å². The second kappa shape index (κ2) is 16.4. The summed E-state index contributed by atoms with van der Waals surface area (Å²) >= 11 is 0. The Kier molecular flexibility index (Phi) is 9.47. The lowest BCUT2D eigenvalue weighted by Gasteiger charge is -2.27. The minimum Gasteiger partial charge on any atom is -0.456 e. The van der Waals surface area contributed by atoms with E-state index in [-0.39, 0.29) is 0 Å². The molecule has 2 heterocycles. The molecule has 2 aromatic heterocycles. The normalized spacial score (nSPS) is 11.5. The maximum Gasteiger partial charge on any atom is 0.137 e. The molecule has 0 saturated heterocycles. The summed E-state index contributed by atoms with van der Waals surface area (Å²) in [5, 5.41) is 6.69. The van der Waals surface area contributed by atoms with E-state index in [0.29, 0.717) is 0 Å². The highest BCUT2D eigenvalue weighted by atomic mass is 16.3. The van der Waals surface area contributed by atoms with E-state index >= 15 is 0 Å². The van der Waals surface area contributed by atoms with Gasteiger partial charge in [0.15, 0.2) is 0 Å². The molecule has 0 aliphatic carbocycles. The van der Waals surface area contributed by atoms with E-state index in [1.165, 1.54) is 21.9 Å². The standard InChI is InChI=1S/C64H42N2O2/c1-4-15-43(16-5-1)44-27-33-52(34-28-44)65(53-35-29-45(30-36-53)46-32-38-61-57(40-46)55-23-12-13-25-60(55)67-61)58-24-14-26-62-64(58)56-37-31-47(42-63(56)68-62)49-39-48-17-10-11-22-54(48)59(41-49)66(50-18-6-2-7-19-50)51-20-8-3-9-21-51/h1-42H. The summed E-state index contributed by atoms with van der Waals surface area (Å²) in [6.45, 7) is 0. The quantitative estimate of drug-likeness (QED) is 0.145. The smallest absolute Gasteiger partial charge is 0.137 e. The molecule has 0 unspecified atom stereocenters. The van der Waals surface area contributed by atoms with E-state index in [1.54, 1.807) is 0 Å². The van der Waals surface area contributed by atoms with Gasteiger partial charge in [-0.3, -0.25) is 0 Å². The molecule has 0 aliphatic rings. The number of para-hydroxylation sites is 3. The molecule has 13 aromatic rings. The maximum atomic E-state index is 6.85. The van der Waals surface area contributed by atoms with Crippen LogP contribution in [0.1, 0.15) is 0 Å². The summed E-state index contributed by atoms with van der Waals surface area (Å²) < 4.78 is 13.0. The van der Waals surface area contributed by atoms with Crippen molar-refractivity contribution in [2.24, 2.45) is 0 Å². The van der Waals surface area contributed by atoms with Crippen molar-refractivity contribution >= 4 is 88.8 Å². The molecule has 320 valence electrons. The second-order valence-corrected chi connectivity index (χ2v) is 17.3. The van der Waals surface area contributed by atoms with Gasteiger partial charge in [0.1, 0.15) is 22.3 Å². The van der Waals surface area contributed by atoms with Gasteiger partial charge in [0.25, 0.3) is 0 Å². The van der Waals surface area contributed by atoms with Gasteiger partial charge in [-0.05, 0) is 142 Å². The Morgan fingerprint density at radius 1 is 0.235 bits per heavy atom. The molecular weight excluding hydrogens is 829 g/mol. The van der Waals surface area contributed by atoms with Crippen LogP contribution in [0.25, 0.3) is 88.0 Å². The summed E-state index contributed by atoms with van der Waals surface area (Å²) in [5.41, 5.74) is 16.7. The molecular formula is C64H42N2O2. The van der Waals surface area contributed by atoms with Crippen LogP contribution in [0, 0.1) is 0 Å². The SMILES string of the molecule is c1ccc(-c2ccc(N(c3ccc(-c4ccc5oc6ccccc6c5c4)cc3)c3cccc4oc5cc(-c6cc(N(c7ccccc7)c7ccccc7)c7ccccc7c6)ccc5c34)cc2)cc1. The fourth-order valence-corrected chi connectivity index (χ4v) is 9.97. The van der Waals surface area contributed by atoms with Crippen molar-refractivity contribution in [2.45, 2.75) is 0 Å². The van der Waals surface area contributed by atoms with Crippen molar-refractivity contribution in [3.63, 3.8) is 0 Å². The van der Waals surface area contributed by atoms with Gasteiger partial charge < -0.3 is 18.6 Å². The summed E-state index contributed by atoms with van der Waals surface area (Å²) in [5.74, 6) is 0. The number of anilines is 6. The number of hydrogen-bond acceptors (Lipinski definition) is 4. The van der Waals surface area contributed by atoms with Crippen LogP contribution < -0.4 is 9.80 Å². The summed E-state index contributed by atoms with van der Waals surface area (Å²) in [6, 6.07) is 90.6. The van der Waals surface area contributed by atoms with Gasteiger partial charge >= 0.3 is 0 Å². The predicted molar refractivity (Wildman–Crippen MR) is 284 cm³/mol. The number of rotatable bonds is 9. The molecule has 0 aliphatic heterocycles. The zero-order valence-electron chi connectivity index (χ0n) is 37.0. The Bertz CT molecular complexity index is 3910. The lowest BCUT2D eigenvalue weighted by atomic mass is 9.97. The highest BCUT2D eigenvalue weighted by molar-refractivity contribution is 6.14. The number of fused-ring (bicyclic) bond motifs is 7. The Morgan fingerprint density at radius 2 is 0.735 bits per heavy atom. The third kappa shape index (κ3) is 6.86. The van der Waals surface area contributed by atoms with Crippen LogP contribution in [0.5, 0.6) is 0 Å². The Balaban J connectivity index is 0.935. The maximum absolute atomic E-state index is 6.85. The molecule has 0 saturated carbocycles. The van der Waals surface area contributed by atoms with Crippen LogP contribution >= 0.6 is 0 Å². The van der Waals surface area contributed by atoms with Gasteiger partial charge in [0.2, 0.25) is 0 Å². The molecule has 0 fully saturated rings. The summed E-state index contributed by atoms with van der Waals surface area (Å²) in [6.07, 6.45) is 0. The summed E-state index contributed by atoms with van der Waals surface area (Å²) in [7, 11) is 0.